The zero-order valence-corrected chi connectivity index (χ0v) is 13.5. The van der Waals surface area contributed by atoms with Crippen molar-refractivity contribution in [2.24, 2.45) is 0 Å². The van der Waals surface area contributed by atoms with Crippen LogP contribution in [0.25, 0.3) is 0 Å². The van der Waals surface area contributed by atoms with Gasteiger partial charge in [0.15, 0.2) is 0 Å². The molecule has 0 amide bonds. The molecular formula is C20H14F4O2. The molecule has 0 fully saturated rings. The Morgan fingerprint density at radius 1 is 0.692 bits per heavy atom. The number of benzene rings is 2. The molecule has 0 aliphatic heterocycles. The molecular weight excluding hydrogens is 348 g/mol. The predicted octanol–water partition coefficient (Wildman–Crippen LogP) is 4.49. The van der Waals surface area contributed by atoms with Gasteiger partial charge in [0.05, 0.1) is 0 Å². The van der Waals surface area contributed by atoms with Gasteiger partial charge < -0.3 is 9.47 Å². The lowest BCUT2D eigenvalue weighted by atomic mass is 9.87. The molecule has 2 aromatic rings. The molecule has 0 spiro atoms. The molecule has 2 aromatic carbocycles. The minimum Gasteiger partial charge on any atom is -0.481 e. The fourth-order valence-corrected chi connectivity index (χ4v) is 2.31. The van der Waals surface area contributed by atoms with Crippen LogP contribution in [0.15, 0.2) is 48.5 Å². The van der Waals surface area contributed by atoms with Crippen molar-refractivity contribution in [3.05, 3.63) is 59.7 Å². The second kappa shape index (κ2) is 7.84. The van der Waals surface area contributed by atoms with Crippen LogP contribution >= 0.6 is 0 Å². The molecule has 0 atom stereocenters. The molecule has 0 aliphatic rings. The number of halogens is 4. The Morgan fingerprint density at radius 2 is 1.04 bits per heavy atom. The molecule has 26 heavy (non-hydrogen) atoms. The second-order valence-corrected chi connectivity index (χ2v) is 5.19. The zero-order valence-electron chi connectivity index (χ0n) is 13.5. The molecule has 6 heteroatoms. The van der Waals surface area contributed by atoms with Gasteiger partial charge in [0.2, 0.25) is 0 Å². The summed E-state index contributed by atoms with van der Waals surface area (Å²) in [5.74, 6) is 4.95. The van der Waals surface area contributed by atoms with E-state index in [-0.39, 0.29) is 24.7 Å². The molecule has 0 heterocycles. The van der Waals surface area contributed by atoms with Gasteiger partial charge in [-0.15, -0.1) is 12.8 Å². The van der Waals surface area contributed by atoms with E-state index in [1.54, 1.807) is 0 Å². The molecule has 0 saturated carbocycles. The van der Waals surface area contributed by atoms with E-state index < -0.39 is 23.0 Å². The monoisotopic (exact) mass is 362 g/mol. The van der Waals surface area contributed by atoms with E-state index in [0.29, 0.717) is 0 Å². The van der Waals surface area contributed by atoms with E-state index in [4.69, 9.17) is 22.3 Å². The standard InChI is InChI=1S/C20H14F4O2/c1-3-13-25-17-9-5-15(6-10-17)19(21,20(22,23)24)16-7-11-18(12-8-16)26-14-4-2/h1-2,5-12H,13-14H2. The largest absolute Gasteiger partial charge is 0.481 e. The third-order valence-electron chi connectivity index (χ3n) is 3.54. The van der Waals surface area contributed by atoms with Crippen LogP contribution in [0.5, 0.6) is 11.5 Å². The summed E-state index contributed by atoms with van der Waals surface area (Å²) in [6.45, 7) is -0.0863. The lowest BCUT2D eigenvalue weighted by Crippen LogP contribution is -2.39. The van der Waals surface area contributed by atoms with Gasteiger partial charge in [-0.05, 0) is 24.3 Å². The molecule has 0 radical (unpaired) electrons. The number of hydrogen-bond donors (Lipinski definition) is 0. The third-order valence-corrected chi connectivity index (χ3v) is 3.54. The van der Waals surface area contributed by atoms with Crippen LogP contribution in [0.4, 0.5) is 17.6 Å². The zero-order chi connectivity index (χ0) is 19.2. The van der Waals surface area contributed by atoms with Crippen LogP contribution in [-0.4, -0.2) is 19.4 Å². The van der Waals surface area contributed by atoms with Crippen LogP contribution in [0.2, 0.25) is 0 Å². The summed E-state index contributed by atoms with van der Waals surface area (Å²) in [5, 5.41) is 0. The molecule has 134 valence electrons. The second-order valence-electron chi connectivity index (χ2n) is 5.19. The minimum absolute atomic E-state index is 0.0432. The molecule has 0 N–H and O–H groups in total. The quantitative estimate of drug-likeness (QED) is 0.557. The highest BCUT2D eigenvalue weighted by Gasteiger charge is 2.58. The fraction of sp³-hybridized carbons (Fsp3) is 0.200. The van der Waals surface area contributed by atoms with Gasteiger partial charge in [-0.25, -0.2) is 4.39 Å². The van der Waals surface area contributed by atoms with Crippen LogP contribution in [0, 0.1) is 24.7 Å². The van der Waals surface area contributed by atoms with Gasteiger partial charge in [0, 0.05) is 11.1 Å². The number of terminal acetylenes is 2. The van der Waals surface area contributed by atoms with Crippen molar-refractivity contribution in [2.75, 3.05) is 13.2 Å². The summed E-state index contributed by atoms with van der Waals surface area (Å²) in [6.07, 6.45) is 4.92. The van der Waals surface area contributed by atoms with Crippen LogP contribution < -0.4 is 9.47 Å². The van der Waals surface area contributed by atoms with Gasteiger partial charge >= 0.3 is 6.18 Å². The van der Waals surface area contributed by atoms with E-state index in [9.17, 15) is 13.2 Å². The summed E-state index contributed by atoms with van der Waals surface area (Å²) in [5.41, 5.74) is -4.84. The van der Waals surface area contributed by atoms with Gasteiger partial charge in [-0.1, -0.05) is 36.1 Å². The Hall–Kier alpha value is -3.12. The first-order valence-electron chi connectivity index (χ1n) is 7.42. The number of ether oxygens (including phenoxy) is 2. The van der Waals surface area contributed by atoms with E-state index in [1.807, 2.05) is 0 Å². The van der Waals surface area contributed by atoms with Crippen molar-refractivity contribution in [2.45, 2.75) is 11.8 Å². The van der Waals surface area contributed by atoms with Crippen molar-refractivity contribution < 1.29 is 27.0 Å². The number of hydrogen-bond acceptors (Lipinski definition) is 2. The molecule has 0 bridgehead atoms. The lowest BCUT2D eigenvalue weighted by Gasteiger charge is -2.29. The Balaban J connectivity index is 2.40. The van der Waals surface area contributed by atoms with Crippen molar-refractivity contribution in [3.63, 3.8) is 0 Å². The first-order valence-corrected chi connectivity index (χ1v) is 7.42. The Labute approximate surface area is 148 Å². The van der Waals surface area contributed by atoms with Gasteiger partial charge in [-0.3, -0.25) is 0 Å². The number of alkyl halides is 4. The first-order chi connectivity index (χ1) is 12.3. The Kier molecular flexibility index (Phi) is 5.79. The molecule has 0 aromatic heterocycles. The smallest absolute Gasteiger partial charge is 0.431 e. The van der Waals surface area contributed by atoms with E-state index >= 15 is 4.39 Å². The molecule has 0 aliphatic carbocycles. The van der Waals surface area contributed by atoms with Crippen LogP contribution in [0.3, 0.4) is 0 Å². The lowest BCUT2D eigenvalue weighted by molar-refractivity contribution is -0.219. The average Bonchev–Trinajstić information content (AvgIpc) is 2.64. The van der Waals surface area contributed by atoms with E-state index in [1.165, 1.54) is 24.3 Å². The molecule has 2 nitrogen and oxygen atoms in total. The van der Waals surface area contributed by atoms with Crippen molar-refractivity contribution in [1.82, 2.24) is 0 Å². The summed E-state index contributed by atoms with van der Waals surface area (Å²) < 4.78 is 66.2. The number of rotatable bonds is 6. The van der Waals surface area contributed by atoms with Gasteiger partial charge in [0.25, 0.3) is 5.67 Å². The summed E-state index contributed by atoms with van der Waals surface area (Å²) in [7, 11) is 0. The highest BCUT2D eigenvalue weighted by Crippen LogP contribution is 2.48. The van der Waals surface area contributed by atoms with Crippen LogP contribution in [0.1, 0.15) is 11.1 Å². The van der Waals surface area contributed by atoms with Crippen molar-refractivity contribution >= 4 is 0 Å². The molecule has 0 unspecified atom stereocenters. The van der Waals surface area contributed by atoms with E-state index in [0.717, 1.165) is 24.3 Å². The average molecular weight is 362 g/mol. The van der Waals surface area contributed by atoms with Gasteiger partial charge in [-0.2, -0.15) is 13.2 Å². The Bertz CT molecular complexity index is 748. The third kappa shape index (κ3) is 3.92. The highest BCUT2D eigenvalue weighted by atomic mass is 19.4. The van der Waals surface area contributed by atoms with Crippen molar-refractivity contribution in [1.29, 1.82) is 0 Å². The normalized spacial score (nSPS) is 11.3. The fourth-order valence-electron chi connectivity index (χ4n) is 2.31. The summed E-state index contributed by atoms with van der Waals surface area (Å²) in [4.78, 5) is 0. The molecule has 2 rings (SSSR count). The summed E-state index contributed by atoms with van der Waals surface area (Å²) in [6, 6.07) is 9.00. The van der Waals surface area contributed by atoms with Crippen molar-refractivity contribution in [3.8, 4) is 36.2 Å². The SMILES string of the molecule is C#CCOc1ccc(C(F)(c2ccc(OCC#C)cc2)C(F)(F)F)cc1. The van der Waals surface area contributed by atoms with Gasteiger partial charge in [0.1, 0.15) is 24.7 Å². The van der Waals surface area contributed by atoms with E-state index in [2.05, 4.69) is 11.8 Å². The maximum absolute atomic E-state index is 15.3. The predicted molar refractivity (Wildman–Crippen MR) is 89.5 cm³/mol. The topological polar surface area (TPSA) is 18.5 Å². The Morgan fingerprint density at radius 3 is 1.31 bits per heavy atom. The highest BCUT2D eigenvalue weighted by molar-refractivity contribution is 5.42. The first kappa shape index (κ1) is 19.2. The maximum atomic E-state index is 15.3. The minimum atomic E-state index is -5.17. The summed E-state index contributed by atoms with van der Waals surface area (Å²) >= 11 is 0. The molecule has 0 saturated heterocycles. The maximum Gasteiger partial charge on any atom is 0.431 e. The van der Waals surface area contributed by atoms with Crippen LogP contribution in [-0.2, 0) is 5.67 Å².